The standard InChI is InChI=1S/C12H16ClNO2/c1-8(7-13)9(2)14-12(16)10-4-3-5-11(15)6-10/h3-6,8-9,15H,7H2,1-2H3,(H,14,16). The lowest BCUT2D eigenvalue weighted by atomic mass is 10.1. The lowest BCUT2D eigenvalue weighted by molar-refractivity contribution is 0.0930. The van der Waals surface area contributed by atoms with Gasteiger partial charge in [0.2, 0.25) is 0 Å². The zero-order valence-corrected chi connectivity index (χ0v) is 10.2. The summed E-state index contributed by atoms with van der Waals surface area (Å²) in [6, 6.07) is 6.27. The lowest BCUT2D eigenvalue weighted by Gasteiger charge is -2.19. The van der Waals surface area contributed by atoms with Crippen LogP contribution in [0.3, 0.4) is 0 Å². The SMILES string of the molecule is CC(CCl)C(C)NC(=O)c1cccc(O)c1. The van der Waals surface area contributed by atoms with Gasteiger partial charge in [0.05, 0.1) is 0 Å². The Bertz CT molecular complexity index is 368. The Hall–Kier alpha value is -1.22. The van der Waals surface area contributed by atoms with Crippen LogP contribution in [0.1, 0.15) is 24.2 Å². The minimum atomic E-state index is -0.194. The molecule has 0 aliphatic carbocycles. The van der Waals surface area contributed by atoms with Crippen LogP contribution in [-0.2, 0) is 0 Å². The fourth-order valence-corrected chi connectivity index (χ4v) is 1.48. The molecule has 2 unspecified atom stereocenters. The van der Waals surface area contributed by atoms with Gasteiger partial charge in [-0.25, -0.2) is 0 Å². The highest BCUT2D eigenvalue weighted by Crippen LogP contribution is 2.12. The number of rotatable bonds is 4. The first kappa shape index (κ1) is 12.8. The van der Waals surface area contributed by atoms with Gasteiger partial charge in [-0.05, 0) is 31.0 Å². The Morgan fingerprint density at radius 2 is 2.19 bits per heavy atom. The largest absolute Gasteiger partial charge is 0.508 e. The summed E-state index contributed by atoms with van der Waals surface area (Å²) in [5, 5.41) is 12.1. The molecule has 0 fully saturated rings. The number of phenols is 1. The maximum Gasteiger partial charge on any atom is 0.251 e. The maximum atomic E-state index is 11.8. The Morgan fingerprint density at radius 3 is 2.75 bits per heavy atom. The van der Waals surface area contributed by atoms with Gasteiger partial charge in [-0.1, -0.05) is 13.0 Å². The molecule has 0 saturated heterocycles. The van der Waals surface area contributed by atoms with Crippen LogP contribution in [0.2, 0.25) is 0 Å². The van der Waals surface area contributed by atoms with Crippen molar-refractivity contribution in [3.8, 4) is 5.75 Å². The minimum absolute atomic E-state index is 0.00680. The first-order chi connectivity index (χ1) is 7.54. The van der Waals surface area contributed by atoms with Gasteiger partial charge in [0.1, 0.15) is 5.75 Å². The van der Waals surface area contributed by atoms with Crippen LogP contribution in [-0.4, -0.2) is 22.9 Å². The molecule has 0 radical (unpaired) electrons. The Balaban J connectivity index is 2.66. The second-order valence-electron chi connectivity index (χ2n) is 3.94. The molecule has 1 aromatic carbocycles. The molecule has 0 bridgehead atoms. The molecule has 1 amide bonds. The van der Waals surface area contributed by atoms with Gasteiger partial charge >= 0.3 is 0 Å². The molecule has 1 rings (SSSR count). The quantitative estimate of drug-likeness (QED) is 0.796. The summed E-state index contributed by atoms with van der Waals surface area (Å²) in [6.45, 7) is 3.88. The first-order valence-corrected chi connectivity index (χ1v) is 5.74. The van der Waals surface area contributed by atoms with Crippen molar-refractivity contribution in [1.82, 2.24) is 5.32 Å². The lowest BCUT2D eigenvalue weighted by Crippen LogP contribution is -2.37. The van der Waals surface area contributed by atoms with Gasteiger partial charge in [-0.2, -0.15) is 0 Å². The van der Waals surface area contributed by atoms with E-state index in [2.05, 4.69) is 5.32 Å². The highest BCUT2D eigenvalue weighted by Gasteiger charge is 2.14. The van der Waals surface area contributed by atoms with Gasteiger partial charge in [0.15, 0.2) is 0 Å². The molecule has 0 saturated carbocycles. The number of benzene rings is 1. The molecule has 1 aromatic rings. The number of alkyl halides is 1. The molecule has 2 atom stereocenters. The maximum absolute atomic E-state index is 11.8. The summed E-state index contributed by atoms with van der Waals surface area (Å²) < 4.78 is 0. The number of hydrogen-bond acceptors (Lipinski definition) is 2. The monoisotopic (exact) mass is 241 g/mol. The van der Waals surface area contributed by atoms with Gasteiger partial charge in [-0.15, -0.1) is 11.6 Å². The average molecular weight is 242 g/mol. The van der Waals surface area contributed by atoms with Crippen LogP contribution in [0, 0.1) is 5.92 Å². The van der Waals surface area contributed by atoms with Crippen LogP contribution in [0.25, 0.3) is 0 Å². The zero-order valence-electron chi connectivity index (χ0n) is 9.40. The van der Waals surface area contributed by atoms with Gasteiger partial charge in [0.25, 0.3) is 5.91 Å². The van der Waals surface area contributed by atoms with Crippen LogP contribution >= 0.6 is 11.6 Å². The number of carbonyl (C=O) groups excluding carboxylic acids is 1. The van der Waals surface area contributed by atoms with E-state index in [9.17, 15) is 9.90 Å². The number of carbonyl (C=O) groups is 1. The average Bonchev–Trinajstić information content (AvgIpc) is 2.27. The van der Waals surface area contributed by atoms with E-state index in [-0.39, 0.29) is 23.6 Å². The Kier molecular flexibility index (Phi) is 4.62. The molecule has 3 nitrogen and oxygen atoms in total. The van der Waals surface area contributed by atoms with Crippen LogP contribution < -0.4 is 5.32 Å². The van der Waals surface area contributed by atoms with Crippen molar-refractivity contribution < 1.29 is 9.90 Å². The molecule has 0 heterocycles. The zero-order chi connectivity index (χ0) is 12.1. The van der Waals surface area contributed by atoms with E-state index >= 15 is 0 Å². The first-order valence-electron chi connectivity index (χ1n) is 5.20. The summed E-state index contributed by atoms with van der Waals surface area (Å²) in [5.41, 5.74) is 0.452. The van der Waals surface area contributed by atoms with E-state index < -0.39 is 0 Å². The van der Waals surface area contributed by atoms with E-state index in [1.165, 1.54) is 12.1 Å². The van der Waals surface area contributed by atoms with Crippen molar-refractivity contribution >= 4 is 17.5 Å². The number of phenolic OH excluding ortho intramolecular Hbond substituents is 1. The third-order valence-electron chi connectivity index (χ3n) is 2.56. The molecule has 2 N–H and O–H groups in total. The van der Waals surface area contributed by atoms with Crippen molar-refractivity contribution in [2.75, 3.05) is 5.88 Å². The minimum Gasteiger partial charge on any atom is -0.508 e. The predicted octanol–water partition coefficient (Wildman–Crippen LogP) is 2.39. The Morgan fingerprint density at radius 1 is 1.50 bits per heavy atom. The predicted molar refractivity (Wildman–Crippen MR) is 64.9 cm³/mol. The van der Waals surface area contributed by atoms with Crippen LogP contribution in [0.5, 0.6) is 5.75 Å². The number of halogens is 1. The third kappa shape index (κ3) is 3.42. The number of nitrogens with one attached hydrogen (secondary N) is 1. The normalized spacial score (nSPS) is 14.2. The van der Waals surface area contributed by atoms with Gasteiger partial charge in [0, 0.05) is 17.5 Å². The topological polar surface area (TPSA) is 49.3 Å². The third-order valence-corrected chi connectivity index (χ3v) is 3.05. The Labute approximate surface area is 100 Å². The second kappa shape index (κ2) is 5.75. The summed E-state index contributed by atoms with van der Waals surface area (Å²) in [6.07, 6.45) is 0. The molecular formula is C12H16ClNO2. The fraction of sp³-hybridized carbons (Fsp3) is 0.417. The van der Waals surface area contributed by atoms with Crippen molar-refractivity contribution in [2.45, 2.75) is 19.9 Å². The van der Waals surface area contributed by atoms with Crippen molar-refractivity contribution in [3.05, 3.63) is 29.8 Å². The fourth-order valence-electron chi connectivity index (χ4n) is 1.21. The van der Waals surface area contributed by atoms with Crippen molar-refractivity contribution in [3.63, 3.8) is 0 Å². The molecule has 0 aromatic heterocycles. The van der Waals surface area contributed by atoms with Crippen LogP contribution in [0.15, 0.2) is 24.3 Å². The molecule has 0 spiro atoms. The summed E-state index contributed by atoms with van der Waals surface area (Å²) in [4.78, 5) is 11.8. The van der Waals surface area contributed by atoms with Crippen molar-refractivity contribution in [2.24, 2.45) is 5.92 Å². The van der Waals surface area contributed by atoms with Gasteiger partial charge in [-0.3, -0.25) is 4.79 Å². The number of hydrogen-bond donors (Lipinski definition) is 2. The molecule has 0 aliphatic heterocycles. The van der Waals surface area contributed by atoms with E-state index in [0.29, 0.717) is 11.4 Å². The van der Waals surface area contributed by atoms with Crippen LogP contribution in [0.4, 0.5) is 0 Å². The summed E-state index contributed by atoms with van der Waals surface area (Å²) in [5.74, 6) is 0.607. The molecular weight excluding hydrogens is 226 g/mol. The summed E-state index contributed by atoms with van der Waals surface area (Å²) >= 11 is 5.71. The van der Waals surface area contributed by atoms with Crippen molar-refractivity contribution in [1.29, 1.82) is 0 Å². The van der Waals surface area contributed by atoms with E-state index in [4.69, 9.17) is 11.6 Å². The number of amides is 1. The smallest absolute Gasteiger partial charge is 0.251 e. The number of aromatic hydroxyl groups is 1. The van der Waals surface area contributed by atoms with E-state index in [0.717, 1.165) is 0 Å². The van der Waals surface area contributed by atoms with E-state index in [1.54, 1.807) is 12.1 Å². The molecule has 0 aliphatic rings. The second-order valence-corrected chi connectivity index (χ2v) is 4.25. The van der Waals surface area contributed by atoms with E-state index in [1.807, 2.05) is 13.8 Å². The molecule has 88 valence electrons. The molecule has 4 heteroatoms. The summed E-state index contributed by atoms with van der Waals surface area (Å²) in [7, 11) is 0. The highest BCUT2D eigenvalue weighted by atomic mass is 35.5. The molecule has 16 heavy (non-hydrogen) atoms. The van der Waals surface area contributed by atoms with Gasteiger partial charge < -0.3 is 10.4 Å². The highest BCUT2D eigenvalue weighted by molar-refractivity contribution is 6.18.